The molecular weight excluding hydrogens is 446 g/mol. The van der Waals surface area contributed by atoms with E-state index in [1.54, 1.807) is 6.26 Å². The number of amides is 3. The minimum absolute atomic E-state index is 0.125. The second-order valence-corrected chi connectivity index (χ2v) is 7.60. The number of carboxylic acids is 2. The third kappa shape index (κ3) is 12.6. The molecule has 0 fully saturated rings. The molecule has 0 aromatic heterocycles. The summed E-state index contributed by atoms with van der Waals surface area (Å²) in [4.78, 5) is 62.9. The summed E-state index contributed by atoms with van der Waals surface area (Å²) < 4.78 is 0. The van der Waals surface area contributed by atoms with Crippen molar-refractivity contribution in [3.05, 3.63) is 0 Å². The summed E-state index contributed by atoms with van der Waals surface area (Å²) >= 11 is 1.39. The van der Waals surface area contributed by atoms with Gasteiger partial charge in [-0.3, -0.25) is 24.2 Å². The van der Waals surface area contributed by atoms with E-state index in [-0.39, 0.29) is 31.9 Å². The summed E-state index contributed by atoms with van der Waals surface area (Å²) in [5.74, 6) is -4.76. The number of aliphatic imine (C=N–C) groups is 1. The summed E-state index contributed by atoms with van der Waals surface area (Å²) in [6.45, 7) is -0.153. The van der Waals surface area contributed by atoms with Crippen LogP contribution in [0, 0.1) is 0 Å². The van der Waals surface area contributed by atoms with Crippen LogP contribution in [0.3, 0.4) is 0 Å². The summed E-state index contributed by atoms with van der Waals surface area (Å²) in [7, 11) is 0. The molecule has 0 saturated heterocycles. The van der Waals surface area contributed by atoms with Crippen molar-refractivity contribution < 1.29 is 34.2 Å². The lowest BCUT2D eigenvalue weighted by molar-refractivity contribution is -0.147. The lowest BCUT2D eigenvalue weighted by Gasteiger charge is -2.24. The van der Waals surface area contributed by atoms with Crippen molar-refractivity contribution in [2.45, 2.75) is 43.8 Å². The Morgan fingerprint density at radius 1 is 0.938 bits per heavy atom. The number of thioether (sulfide) groups is 1. The number of carbonyl (C=O) groups excluding carboxylic acids is 3. The van der Waals surface area contributed by atoms with E-state index in [0.717, 1.165) is 0 Å². The van der Waals surface area contributed by atoms with Crippen LogP contribution < -0.4 is 33.2 Å². The molecule has 182 valence electrons. The molecule has 14 nitrogen and oxygen atoms in total. The van der Waals surface area contributed by atoms with Gasteiger partial charge in [0.25, 0.3) is 0 Å². The van der Waals surface area contributed by atoms with Gasteiger partial charge in [0.05, 0.1) is 13.0 Å². The van der Waals surface area contributed by atoms with E-state index in [1.807, 2.05) is 0 Å². The van der Waals surface area contributed by atoms with Gasteiger partial charge in [-0.05, 0) is 31.3 Å². The van der Waals surface area contributed by atoms with Crippen LogP contribution in [0.15, 0.2) is 4.99 Å². The van der Waals surface area contributed by atoms with E-state index in [2.05, 4.69) is 20.9 Å². The average Bonchev–Trinajstić information content (AvgIpc) is 2.71. The maximum Gasteiger partial charge on any atom is 0.326 e. The minimum atomic E-state index is -1.67. The van der Waals surface area contributed by atoms with Crippen molar-refractivity contribution in [1.29, 1.82) is 0 Å². The Kier molecular flexibility index (Phi) is 14.2. The van der Waals surface area contributed by atoms with Crippen molar-refractivity contribution in [1.82, 2.24) is 16.0 Å². The lowest BCUT2D eigenvalue weighted by Crippen LogP contribution is -2.56. The smallest absolute Gasteiger partial charge is 0.326 e. The van der Waals surface area contributed by atoms with Gasteiger partial charge in [0.15, 0.2) is 5.96 Å². The van der Waals surface area contributed by atoms with Crippen molar-refractivity contribution in [2.75, 3.05) is 25.1 Å². The predicted octanol–water partition coefficient (Wildman–Crippen LogP) is -3.23. The first-order valence-corrected chi connectivity index (χ1v) is 11.0. The van der Waals surface area contributed by atoms with Gasteiger partial charge >= 0.3 is 11.9 Å². The maximum absolute atomic E-state index is 12.7. The second-order valence-electron chi connectivity index (χ2n) is 6.61. The third-order valence-electron chi connectivity index (χ3n) is 4.02. The molecule has 0 aliphatic carbocycles. The number of hydrogen-bond acceptors (Lipinski definition) is 8. The van der Waals surface area contributed by atoms with Crippen LogP contribution >= 0.6 is 11.8 Å². The van der Waals surface area contributed by atoms with Gasteiger partial charge in [0, 0.05) is 6.54 Å². The Morgan fingerprint density at radius 3 is 1.97 bits per heavy atom. The van der Waals surface area contributed by atoms with Gasteiger partial charge in [0.1, 0.15) is 18.1 Å². The number of hydrogen-bond donors (Lipinski definition) is 8. The zero-order valence-electron chi connectivity index (χ0n) is 17.7. The first-order valence-electron chi connectivity index (χ1n) is 9.60. The summed E-state index contributed by atoms with van der Waals surface area (Å²) in [5.41, 5.74) is 15.8. The van der Waals surface area contributed by atoms with E-state index < -0.39 is 54.2 Å². The van der Waals surface area contributed by atoms with E-state index in [0.29, 0.717) is 12.2 Å². The SMILES string of the molecule is CSCC[C@H](NC(=O)[C@H](CCCN=C(N)N)NC(=O)CN)C(=O)N[C@@H](CC(=O)O)C(=O)O. The lowest BCUT2D eigenvalue weighted by atomic mass is 10.1. The normalized spacial score (nSPS) is 13.2. The van der Waals surface area contributed by atoms with Crippen LogP contribution in [0.4, 0.5) is 0 Å². The van der Waals surface area contributed by atoms with E-state index in [1.165, 1.54) is 11.8 Å². The van der Waals surface area contributed by atoms with Crippen LogP contribution in [0.5, 0.6) is 0 Å². The molecule has 0 saturated carbocycles. The Bertz CT molecular complexity index is 701. The van der Waals surface area contributed by atoms with Gasteiger partial charge in [0.2, 0.25) is 17.7 Å². The molecule has 0 heterocycles. The molecule has 0 bridgehead atoms. The van der Waals surface area contributed by atoms with Crippen LogP contribution in [0.25, 0.3) is 0 Å². The number of aliphatic carboxylic acids is 2. The first kappa shape index (κ1) is 28.9. The molecule has 0 radical (unpaired) electrons. The van der Waals surface area contributed by atoms with Crippen molar-refractivity contribution in [2.24, 2.45) is 22.2 Å². The van der Waals surface area contributed by atoms with Crippen molar-refractivity contribution >= 4 is 47.4 Å². The fraction of sp³-hybridized carbons (Fsp3) is 0.647. The molecule has 15 heteroatoms. The van der Waals surface area contributed by atoms with Crippen LogP contribution in [0.1, 0.15) is 25.7 Å². The number of carbonyl (C=O) groups is 5. The van der Waals surface area contributed by atoms with Crippen LogP contribution in [0.2, 0.25) is 0 Å². The quantitative estimate of drug-likeness (QED) is 0.0622. The third-order valence-corrected chi connectivity index (χ3v) is 4.66. The Hall–Kier alpha value is -3.07. The molecule has 0 rings (SSSR count). The molecule has 11 N–H and O–H groups in total. The summed E-state index contributed by atoms with van der Waals surface area (Å²) in [6.07, 6.45) is 1.56. The zero-order valence-corrected chi connectivity index (χ0v) is 18.5. The number of guanidine groups is 1. The number of nitrogens with zero attached hydrogens (tertiary/aromatic N) is 1. The Morgan fingerprint density at radius 2 is 1.50 bits per heavy atom. The van der Waals surface area contributed by atoms with Gasteiger partial charge in [-0.15, -0.1) is 0 Å². The Labute approximate surface area is 189 Å². The van der Waals surface area contributed by atoms with E-state index >= 15 is 0 Å². The van der Waals surface area contributed by atoms with E-state index in [4.69, 9.17) is 27.4 Å². The first-order chi connectivity index (χ1) is 15.0. The summed E-state index contributed by atoms with van der Waals surface area (Å²) in [5, 5.41) is 25.0. The van der Waals surface area contributed by atoms with Crippen molar-refractivity contribution in [3.8, 4) is 0 Å². The second kappa shape index (κ2) is 15.7. The summed E-state index contributed by atoms with van der Waals surface area (Å²) in [6, 6.07) is -3.86. The number of nitrogens with two attached hydrogens (primary N) is 3. The number of rotatable bonds is 16. The van der Waals surface area contributed by atoms with Crippen molar-refractivity contribution in [3.63, 3.8) is 0 Å². The maximum atomic E-state index is 12.7. The van der Waals surface area contributed by atoms with Gasteiger partial charge in [-0.25, -0.2) is 4.79 Å². The fourth-order valence-corrected chi connectivity index (χ4v) is 2.92. The minimum Gasteiger partial charge on any atom is -0.481 e. The molecule has 0 spiro atoms. The molecule has 0 aliphatic rings. The van der Waals surface area contributed by atoms with E-state index in [9.17, 15) is 24.0 Å². The van der Waals surface area contributed by atoms with Gasteiger partial charge in [-0.2, -0.15) is 11.8 Å². The number of nitrogens with one attached hydrogen (secondary N) is 3. The molecule has 0 aromatic carbocycles. The topological polar surface area (TPSA) is 252 Å². The monoisotopic (exact) mass is 477 g/mol. The standard InChI is InChI=1S/C17H31N7O7S/c1-32-6-4-10(15(29)24-11(16(30)31)7-13(26)27)23-14(28)9(22-12(25)8-18)3-2-5-21-17(19)20/h9-11H,2-8,18H2,1H3,(H,22,25)(H,23,28)(H,24,29)(H,26,27)(H,30,31)(H4,19,20,21)/t9-,10-,11-/m0/s1. The number of carboxylic acid groups (broad SMARTS) is 2. The average molecular weight is 478 g/mol. The van der Waals surface area contributed by atoms with Gasteiger partial charge < -0.3 is 43.4 Å². The highest BCUT2D eigenvalue weighted by Gasteiger charge is 2.30. The van der Waals surface area contributed by atoms with Gasteiger partial charge in [-0.1, -0.05) is 0 Å². The molecule has 0 unspecified atom stereocenters. The molecular formula is C17H31N7O7S. The molecule has 32 heavy (non-hydrogen) atoms. The molecule has 3 atom stereocenters. The van der Waals surface area contributed by atoms with Crippen LogP contribution in [-0.2, 0) is 24.0 Å². The zero-order chi connectivity index (χ0) is 24.7. The largest absolute Gasteiger partial charge is 0.481 e. The highest BCUT2D eigenvalue weighted by Crippen LogP contribution is 2.05. The molecule has 0 aromatic rings. The Balaban J connectivity index is 5.35. The molecule has 0 aliphatic heterocycles. The predicted molar refractivity (Wildman–Crippen MR) is 118 cm³/mol. The van der Waals surface area contributed by atoms with Crippen LogP contribution in [-0.4, -0.2) is 89.1 Å². The highest BCUT2D eigenvalue weighted by molar-refractivity contribution is 7.98. The fourth-order valence-electron chi connectivity index (χ4n) is 2.45. The molecule has 3 amide bonds. The highest BCUT2D eigenvalue weighted by atomic mass is 32.2.